The highest BCUT2D eigenvalue weighted by Gasteiger charge is 2.42. The maximum atomic E-state index is 12.3. The number of carbonyl (C=O) groups excluding carboxylic acids is 2. The molecule has 6 heteroatoms. The largest absolute Gasteiger partial charge is 0.444 e. The van der Waals surface area contributed by atoms with Gasteiger partial charge in [0, 0.05) is 25.0 Å². The number of nitrogens with zero attached hydrogens (tertiary/aromatic N) is 2. The lowest BCUT2D eigenvalue weighted by atomic mass is 9.82. The monoisotopic (exact) mass is 300 g/mol. The molecule has 1 fully saturated rings. The van der Waals surface area contributed by atoms with E-state index >= 15 is 0 Å². The Morgan fingerprint density at radius 3 is 2.29 bits per heavy atom. The van der Waals surface area contributed by atoms with Crippen LogP contribution in [-0.2, 0) is 14.4 Å². The van der Waals surface area contributed by atoms with Crippen LogP contribution < -0.4 is 0 Å². The third kappa shape index (κ3) is 4.59. The van der Waals surface area contributed by atoms with E-state index in [0.717, 1.165) is 0 Å². The molecule has 0 aromatic heterocycles. The smallest absolute Gasteiger partial charge is 0.410 e. The fraction of sp³-hybridized carbons (Fsp3) is 0.867. The fourth-order valence-electron chi connectivity index (χ4n) is 2.62. The Bertz CT molecular complexity index is 401. The van der Waals surface area contributed by atoms with Crippen molar-refractivity contribution < 1.29 is 19.2 Å². The summed E-state index contributed by atoms with van der Waals surface area (Å²) in [7, 11) is 3.08. The average molecular weight is 300 g/mol. The van der Waals surface area contributed by atoms with E-state index in [9.17, 15) is 9.59 Å². The zero-order chi connectivity index (χ0) is 16.4. The summed E-state index contributed by atoms with van der Waals surface area (Å²) in [5.41, 5.74) is -0.939. The Morgan fingerprint density at radius 1 is 1.29 bits per heavy atom. The summed E-state index contributed by atoms with van der Waals surface area (Å²) in [5, 5.41) is 1.25. The van der Waals surface area contributed by atoms with Gasteiger partial charge in [-0.3, -0.25) is 9.63 Å². The number of ether oxygens (including phenoxy) is 1. The van der Waals surface area contributed by atoms with Gasteiger partial charge in [0.1, 0.15) is 5.60 Å². The second-order valence-electron chi connectivity index (χ2n) is 7.15. The molecule has 0 aromatic rings. The minimum Gasteiger partial charge on any atom is -0.444 e. The van der Waals surface area contributed by atoms with Gasteiger partial charge in [0.25, 0.3) is 0 Å². The zero-order valence-corrected chi connectivity index (χ0v) is 14.2. The van der Waals surface area contributed by atoms with E-state index in [2.05, 4.69) is 0 Å². The van der Waals surface area contributed by atoms with Crippen LogP contribution in [-0.4, -0.2) is 53.8 Å². The first-order chi connectivity index (χ1) is 9.48. The summed E-state index contributed by atoms with van der Waals surface area (Å²) in [6.07, 6.45) is 0.895. The number of hydroxylamine groups is 2. The molecule has 1 saturated heterocycles. The van der Waals surface area contributed by atoms with Crippen LogP contribution in [0, 0.1) is 5.92 Å². The van der Waals surface area contributed by atoms with Gasteiger partial charge in [-0.25, -0.2) is 9.86 Å². The first-order valence-electron chi connectivity index (χ1n) is 7.30. The number of rotatable bonds is 2. The maximum Gasteiger partial charge on any atom is 0.410 e. The molecule has 21 heavy (non-hydrogen) atoms. The van der Waals surface area contributed by atoms with Gasteiger partial charge in [-0.1, -0.05) is 0 Å². The van der Waals surface area contributed by atoms with Gasteiger partial charge in [0.2, 0.25) is 5.91 Å². The van der Waals surface area contributed by atoms with Crippen molar-refractivity contribution in [1.29, 1.82) is 0 Å². The van der Waals surface area contributed by atoms with E-state index in [1.165, 1.54) is 12.2 Å². The minimum atomic E-state index is -0.518. The van der Waals surface area contributed by atoms with E-state index in [1.54, 1.807) is 11.9 Å². The van der Waals surface area contributed by atoms with Gasteiger partial charge in [-0.15, -0.1) is 0 Å². The molecule has 0 bridgehead atoms. The zero-order valence-electron chi connectivity index (χ0n) is 14.2. The molecule has 2 amide bonds. The Morgan fingerprint density at radius 2 is 1.86 bits per heavy atom. The van der Waals surface area contributed by atoms with Gasteiger partial charge in [-0.2, -0.15) is 0 Å². The predicted octanol–water partition coefficient (Wildman–Crippen LogP) is 2.43. The van der Waals surface area contributed by atoms with Gasteiger partial charge in [0.05, 0.1) is 7.11 Å². The van der Waals surface area contributed by atoms with Gasteiger partial charge in [-0.05, 0) is 47.5 Å². The van der Waals surface area contributed by atoms with Crippen molar-refractivity contribution in [2.24, 2.45) is 5.92 Å². The number of amides is 2. The quantitative estimate of drug-likeness (QED) is 0.735. The summed E-state index contributed by atoms with van der Waals surface area (Å²) >= 11 is 0. The van der Waals surface area contributed by atoms with Crippen molar-refractivity contribution >= 4 is 12.0 Å². The maximum absolute atomic E-state index is 12.3. The summed E-state index contributed by atoms with van der Waals surface area (Å²) in [5.74, 6) is -0.182. The summed E-state index contributed by atoms with van der Waals surface area (Å²) in [6, 6.07) is 0. The van der Waals surface area contributed by atoms with Crippen molar-refractivity contribution in [3.63, 3.8) is 0 Å². The van der Waals surface area contributed by atoms with Crippen LogP contribution >= 0.6 is 0 Å². The lowest BCUT2D eigenvalue weighted by Crippen LogP contribution is -2.55. The Hall–Kier alpha value is -1.30. The number of hydrogen-bond donors (Lipinski definition) is 0. The van der Waals surface area contributed by atoms with Gasteiger partial charge >= 0.3 is 6.09 Å². The molecule has 0 aliphatic carbocycles. The molecule has 122 valence electrons. The average Bonchev–Trinajstić information content (AvgIpc) is 2.33. The Kier molecular flexibility index (Phi) is 5.25. The first-order valence-corrected chi connectivity index (χ1v) is 7.30. The van der Waals surface area contributed by atoms with Crippen LogP contribution in [0.3, 0.4) is 0 Å². The molecule has 1 atom stereocenters. The second-order valence-corrected chi connectivity index (χ2v) is 7.15. The molecule has 6 nitrogen and oxygen atoms in total. The highest BCUT2D eigenvalue weighted by atomic mass is 16.7. The Balaban J connectivity index is 2.75. The molecule has 0 radical (unpaired) electrons. The van der Waals surface area contributed by atoms with Gasteiger partial charge < -0.3 is 9.64 Å². The number of likely N-dealkylation sites (tertiary alicyclic amines) is 1. The van der Waals surface area contributed by atoms with Crippen molar-refractivity contribution in [2.75, 3.05) is 20.7 Å². The van der Waals surface area contributed by atoms with E-state index in [0.29, 0.717) is 19.4 Å². The number of carbonyl (C=O) groups is 2. The minimum absolute atomic E-state index is 0.0468. The van der Waals surface area contributed by atoms with Crippen LogP contribution in [0.25, 0.3) is 0 Å². The van der Waals surface area contributed by atoms with Crippen molar-refractivity contribution in [1.82, 2.24) is 9.96 Å². The fourth-order valence-corrected chi connectivity index (χ4v) is 2.62. The molecular weight excluding hydrogens is 272 g/mol. The standard InChI is InChI=1S/C15H28N2O4/c1-14(2,3)21-13(19)17-9-8-11(10-15(17,4)5)12(18)16(6)20-7/h11H,8-10H2,1-7H3. The van der Waals surface area contributed by atoms with Gasteiger partial charge in [0.15, 0.2) is 0 Å². The molecule has 1 unspecified atom stereocenters. The van der Waals surface area contributed by atoms with E-state index < -0.39 is 11.1 Å². The van der Waals surface area contributed by atoms with E-state index in [1.807, 2.05) is 34.6 Å². The third-order valence-electron chi connectivity index (χ3n) is 3.73. The molecule has 0 aromatic carbocycles. The molecule has 0 N–H and O–H groups in total. The summed E-state index contributed by atoms with van der Waals surface area (Å²) in [4.78, 5) is 31.1. The number of piperidine rings is 1. The van der Waals surface area contributed by atoms with E-state index in [-0.39, 0.29) is 17.9 Å². The highest BCUT2D eigenvalue weighted by Crippen LogP contribution is 2.33. The number of hydrogen-bond acceptors (Lipinski definition) is 4. The van der Waals surface area contributed by atoms with Crippen LogP contribution in [0.15, 0.2) is 0 Å². The molecular formula is C15H28N2O4. The molecule has 1 heterocycles. The van der Waals surface area contributed by atoms with Crippen LogP contribution in [0.2, 0.25) is 0 Å². The SMILES string of the molecule is CON(C)C(=O)C1CCN(C(=O)OC(C)(C)C)C(C)(C)C1. The topological polar surface area (TPSA) is 59.1 Å². The molecule has 1 rings (SSSR count). The predicted molar refractivity (Wildman–Crippen MR) is 79.5 cm³/mol. The molecule has 1 aliphatic rings. The highest BCUT2D eigenvalue weighted by molar-refractivity contribution is 5.78. The second kappa shape index (κ2) is 6.22. The van der Waals surface area contributed by atoms with Crippen molar-refractivity contribution in [2.45, 2.75) is 58.6 Å². The lowest BCUT2D eigenvalue weighted by molar-refractivity contribution is -0.176. The summed E-state index contributed by atoms with van der Waals surface area (Å²) in [6.45, 7) is 9.98. The lowest BCUT2D eigenvalue weighted by Gasteiger charge is -2.45. The van der Waals surface area contributed by atoms with Crippen molar-refractivity contribution in [3.05, 3.63) is 0 Å². The molecule has 0 saturated carbocycles. The first kappa shape index (κ1) is 17.8. The summed E-state index contributed by atoms with van der Waals surface area (Å²) < 4.78 is 5.44. The third-order valence-corrected chi connectivity index (χ3v) is 3.73. The van der Waals surface area contributed by atoms with Crippen LogP contribution in [0.1, 0.15) is 47.5 Å². The van der Waals surface area contributed by atoms with Crippen LogP contribution in [0.4, 0.5) is 4.79 Å². The van der Waals surface area contributed by atoms with Crippen molar-refractivity contribution in [3.8, 4) is 0 Å². The molecule has 0 spiro atoms. The van der Waals surface area contributed by atoms with Crippen LogP contribution in [0.5, 0.6) is 0 Å². The Labute approximate surface area is 127 Å². The molecule has 1 aliphatic heterocycles. The normalized spacial score (nSPS) is 21.9. The van der Waals surface area contributed by atoms with E-state index in [4.69, 9.17) is 9.57 Å².